The zero-order valence-corrected chi connectivity index (χ0v) is 11.8. The number of fused-ring (bicyclic) bond motifs is 1. The number of aromatic nitrogens is 2. The Balaban J connectivity index is 1.95. The summed E-state index contributed by atoms with van der Waals surface area (Å²) in [7, 11) is 0. The summed E-state index contributed by atoms with van der Waals surface area (Å²) in [5.74, 6) is 0.686. The minimum Gasteiger partial charge on any atom is -0.383 e. The van der Waals surface area contributed by atoms with E-state index in [-0.39, 0.29) is 5.02 Å². The Morgan fingerprint density at radius 3 is 2.85 bits per heavy atom. The Labute approximate surface area is 122 Å². The molecule has 1 aliphatic rings. The van der Waals surface area contributed by atoms with Crippen molar-refractivity contribution < 1.29 is 4.39 Å². The van der Waals surface area contributed by atoms with Gasteiger partial charge in [0.15, 0.2) is 0 Å². The van der Waals surface area contributed by atoms with E-state index in [9.17, 15) is 4.39 Å². The summed E-state index contributed by atoms with van der Waals surface area (Å²) in [6.07, 6.45) is 4.42. The molecule has 3 rings (SSSR count). The molecule has 0 fully saturated rings. The molecule has 0 amide bonds. The van der Waals surface area contributed by atoms with E-state index in [0.29, 0.717) is 23.6 Å². The maximum Gasteiger partial charge on any atom is 0.145 e. The Morgan fingerprint density at radius 2 is 2.00 bits per heavy atom. The fourth-order valence-corrected chi connectivity index (χ4v) is 2.80. The van der Waals surface area contributed by atoms with Crippen molar-refractivity contribution in [2.75, 3.05) is 5.73 Å². The molecule has 2 aromatic rings. The SMILES string of the molecule is Nc1nc(Cc2cccc(Cl)c2F)nc2c1CCCC2. The number of nitrogen functional groups attached to an aromatic ring is 1. The molecule has 0 aliphatic heterocycles. The van der Waals surface area contributed by atoms with Gasteiger partial charge in [0.05, 0.1) is 5.02 Å². The highest BCUT2D eigenvalue weighted by molar-refractivity contribution is 6.30. The summed E-state index contributed by atoms with van der Waals surface area (Å²) in [5.41, 5.74) is 8.56. The molecule has 5 heteroatoms. The number of hydrogen-bond donors (Lipinski definition) is 1. The maximum absolute atomic E-state index is 13.9. The zero-order chi connectivity index (χ0) is 14.1. The number of nitrogens with two attached hydrogens (primary N) is 1. The summed E-state index contributed by atoms with van der Waals surface area (Å²) in [4.78, 5) is 8.85. The first-order valence-electron chi connectivity index (χ1n) is 6.72. The summed E-state index contributed by atoms with van der Waals surface area (Å²) in [6.45, 7) is 0. The van der Waals surface area contributed by atoms with Crippen LogP contribution < -0.4 is 5.73 Å². The normalized spacial score (nSPS) is 14.1. The van der Waals surface area contributed by atoms with E-state index in [1.165, 1.54) is 6.07 Å². The van der Waals surface area contributed by atoms with Crippen molar-refractivity contribution >= 4 is 17.4 Å². The third kappa shape index (κ3) is 2.48. The summed E-state index contributed by atoms with van der Waals surface area (Å²) in [6, 6.07) is 4.95. The third-order valence-corrected chi connectivity index (χ3v) is 3.93. The fraction of sp³-hybridized carbons (Fsp3) is 0.333. The minimum atomic E-state index is -0.408. The van der Waals surface area contributed by atoms with Crippen molar-refractivity contribution in [3.8, 4) is 0 Å². The minimum absolute atomic E-state index is 0.119. The lowest BCUT2D eigenvalue weighted by Crippen LogP contribution is -2.13. The molecular formula is C15H15ClFN3. The van der Waals surface area contributed by atoms with Crippen LogP contribution >= 0.6 is 11.6 Å². The van der Waals surface area contributed by atoms with E-state index < -0.39 is 5.82 Å². The van der Waals surface area contributed by atoms with Gasteiger partial charge in [-0.3, -0.25) is 0 Å². The van der Waals surface area contributed by atoms with Gasteiger partial charge in [-0.25, -0.2) is 14.4 Å². The van der Waals surface area contributed by atoms with E-state index in [1.54, 1.807) is 12.1 Å². The molecule has 1 aromatic carbocycles. The van der Waals surface area contributed by atoms with Crippen LogP contribution in [0.15, 0.2) is 18.2 Å². The van der Waals surface area contributed by atoms with Crippen LogP contribution in [0, 0.1) is 5.82 Å². The van der Waals surface area contributed by atoms with Crippen LogP contribution in [-0.4, -0.2) is 9.97 Å². The van der Waals surface area contributed by atoms with Gasteiger partial charge in [-0.1, -0.05) is 23.7 Å². The van der Waals surface area contributed by atoms with Gasteiger partial charge in [0.1, 0.15) is 17.5 Å². The van der Waals surface area contributed by atoms with Gasteiger partial charge in [0.25, 0.3) is 0 Å². The van der Waals surface area contributed by atoms with E-state index in [1.807, 2.05) is 0 Å². The Morgan fingerprint density at radius 1 is 1.20 bits per heavy atom. The summed E-state index contributed by atoms with van der Waals surface area (Å²) < 4.78 is 13.9. The molecule has 0 atom stereocenters. The predicted octanol–water partition coefficient (Wildman–Crippen LogP) is 3.32. The summed E-state index contributed by atoms with van der Waals surface area (Å²) in [5, 5.41) is 0.119. The van der Waals surface area contributed by atoms with Crippen LogP contribution in [0.4, 0.5) is 10.2 Å². The summed E-state index contributed by atoms with van der Waals surface area (Å²) >= 11 is 5.79. The Hall–Kier alpha value is -1.68. The second-order valence-corrected chi connectivity index (χ2v) is 5.45. The fourth-order valence-electron chi connectivity index (χ4n) is 2.61. The first-order valence-corrected chi connectivity index (χ1v) is 7.10. The van der Waals surface area contributed by atoms with E-state index in [0.717, 1.165) is 36.9 Å². The lowest BCUT2D eigenvalue weighted by Gasteiger charge is -2.17. The molecule has 1 aliphatic carbocycles. The van der Waals surface area contributed by atoms with Crippen LogP contribution in [0.25, 0.3) is 0 Å². The Bertz CT molecular complexity index is 658. The predicted molar refractivity (Wildman–Crippen MR) is 77.3 cm³/mol. The largest absolute Gasteiger partial charge is 0.383 e. The molecule has 2 N–H and O–H groups in total. The quantitative estimate of drug-likeness (QED) is 0.923. The number of anilines is 1. The van der Waals surface area contributed by atoms with Gasteiger partial charge >= 0.3 is 0 Å². The monoisotopic (exact) mass is 291 g/mol. The molecular weight excluding hydrogens is 277 g/mol. The van der Waals surface area contributed by atoms with Gasteiger partial charge in [-0.15, -0.1) is 0 Å². The van der Waals surface area contributed by atoms with Crippen LogP contribution in [0.3, 0.4) is 0 Å². The number of nitrogens with zero attached hydrogens (tertiary/aromatic N) is 2. The molecule has 20 heavy (non-hydrogen) atoms. The van der Waals surface area contributed by atoms with Crippen LogP contribution in [-0.2, 0) is 19.3 Å². The van der Waals surface area contributed by atoms with Gasteiger partial charge in [-0.2, -0.15) is 0 Å². The number of aryl methyl sites for hydroxylation is 1. The van der Waals surface area contributed by atoms with E-state index in [2.05, 4.69) is 9.97 Å². The van der Waals surface area contributed by atoms with Gasteiger partial charge in [-0.05, 0) is 37.3 Å². The van der Waals surface area contributed by atoms with Crippen molar-refractivity contribution in [2.45, 2.75) is 32.1 Å². The van der Waals surface area contributed by atoms with Crippen molar-refractivity contribution in [3.63, 3.8) is 0 Å². The molecule has 3 nitrogen and oxygen atoms in total. The highest BCUT2D eigenvalue weighted by Crippen LogP contribution is 2.25. The third-order valence-electron chi connectivity index (χ3n) is 3.64. The smallest absolute Gasteiger partial charge is 0.145 e. The zero-order valence-electron chi connectivity index (χ0n) is 11.0. The van der Waals surface area contributed by atoms with Crippen LogP contribution in [0.5, 0.6) is 0 Å². The number of hydrogen-bond acceptors (Lipinski definition) is 3. The first-order chi connectivity index (χ1) is 9.65. The van der Waals surface area contributed by atoms with Gasteiger partial charge in [0.2, 0.25) is 0 Å². The second kappa shape index (κ2) is 5.37. The van der Waals surface area contributed by atoms with Gasteiger partial charge in [0, 0.05) is 17.7 Å². The van der Waals surface area contributed by atoms with Crippen molar-refractivity contribution in [2.24, 2.45) is 0 Å². The maximum atomic E-state index is 13.9. The highest BCUT2D eigenvalue weighted by atomic mass is 35.5. The lowest BCUT2D eigenvalue weighted by atomic mass is 9.96. The standard InChI is InChI=1S/C15H15ClFN3/c16-11-6-3-4-9(14(11)17)8-13-19-12-7-2-1-5-10(12)15(18)20-13/h3-4,6H,1-2,5,7-8H2,(H2,18,19,20). The molecule has 0 saturated carbocycles. The average molecular weight is 292 g/mol. The van der Waals surface area contributed by atoms with Gasteiger partial charge < -0.3 is 5.73 Å². The number of rotatable bonds is 2. The molecule has 0 unspecified atom stereocenters. The van der Waals surface area contributed by atoms with E-state index in [4.69, 9.17) is 17.3 Å². The average Bonchev–Trinajstić information content (AvgIpc) is 2.44. The highest BCUT2D eigenvalue weighted by Gasteiger charge is 2.17. The Kier molecular flexibility index (Phi) is 3.57. The second-order valence-electron chi connectivity index (χ2n) is 5.05. The first kappa shape index (κ1) is 13.3. The number of halogens is 2. The van der Waals surface area contributed by atoms with Crippen molar-refractivity contribution in [1.29, 1.82) is 0 Å². The van der Waals surface area contributed by atoms with Crippen LogP contribution in [0.1, 0.15) is 35.5 Å². The number of benzene rings is 1. The molecule has 0 spiro atoms. The molecule has 104 valence electrons. The molecule has 1 aromatic heterocycles. The lowest BCUT2D eigenvalue weighted by molar-refractivity contribution is 0.610. The van der Waals surface area contributed by atoms with Crippen molar-refractivity contribution in [1.82, 2.24) is 9.97 Å². The van der Waals surface area contributed by atoms with E-state index >= 15 is 0 Å². The van der Waals surface area contributed by atoms with Crippen molar-refractivity contribution in [3.05, 3.63) is 51.7 Å². The molecule has 0 saturated heterocycles. The molecule has 0 radical (unpaired) electrons. The molecule has 0 bridgehead atoms. The van der Waals surface area contributed by atoms with Crippen LogP contribution in [0.2, 0.25) is 5.02 Å². The molecule has 1 heterocycles. The topological polar surface area (TPSA) is 51.8 Å².